The summed E-state index contributed by atoms with van der Waals surface area (Å²) >= 11 is 0. The number of benzene rings is 1. The molecule has 4 nitrogen and oxygen atoms in total. The van der Waals surface area contributed by atoms with Crippen LogP contribution >= 0.6 is 24.0 Å². The number of para-hydroxylation sites is 1. The second-order valence-corrected chi connectivity index (χ2v) is 5.31. The van der Waals surface area contributed by atoms with Crippen LogP contribution in [0.4, 0.5) is 5.69 Å². The lowest BCUT2D eigenvalue weighted by atomic mass is 10.1. The molecule has 2 aliphatic heterocycles. The summed E-state index contributed by atoms with van der Waals surface area (Å²) < 4.78 is 0. The van der Waals surface area contributed by atoms with Crippen molar-refractivity contribution < 1.29 is 0 Å². The molecule has 2 heterocycles. The van der Waals surface area contributed by atoms with Crippen LogP contribution in [0.3, 0.4) is 0 Å². The Labute approximate surface area is 138 Å². The predicted molar refractivity (Wildman–Crippen MR) is 95.3 cm³/mol. The highest BCUT2D eigenvalue weighted by Gasteiger charge is 2.24. The Morgan fingerprint density at radius 3 is 3.05 bits per heavy atom. The molecule has 0 saturated carbocycles. The largest absolute Gasteiger partial charge is 0.367 e. The highest BCUT2D eigenvalue weighted by Crippen LogP contribution is 2.30. The van der Waals surface area contributed by atoms with Crippen molar-refractivity contribution in [3.63, 3.8) is 0 Å². The number of hydrogen-bond donors (Lipinski definition) is 2. The lowest BCUT2D eigenvalue weighted by molar-refractivity contribution is 0.647. The maximum absolute atomic E-state index is 4.43. The minimum absolute atomic E-state index is 0. The van der Waals surface area contributed by atoms with Gasteiger partial charge < -0.3 is 15.5 Å². The van der Waals surface area contributed by atoms with Gasteiger partial charge in [-0.3, -0.25) is 4.99 Å². The number of anilines is 1. The number of hydrogen-bond acceptors (Lipinski definition) is 4. The molecule has 0 aromatic heterocycles. The minimum atomic E-state index is 0. The van der Waals surface area contributed by atoms with E-state index < -0.39 is 0 Å². The van der Waals surface area contributed by atoms with Crippen LogP contribution in [0.2, 0.25) is 0 Å². The van der Waals surface area contributed by atoms with Crippen molar-refractivity contribution in [3.8, 4) is 0 Å². The van der Waals surface area contributed by atoms with Crippen LogP contribution < -0.4 is 15.5 Å². The molecule has 0 amide bonds. The molecule has 2 aliphatic rings. The molecule has 0 bridgehead atoms. The first-order valence-electron chi connectivity index (χ1n) is 7.21. The third kappa shape index (κ3) is 3.37. The molecule has 1 unspecified atom stereocenters. The Hall–Kier alpha value is -0.980. The van der Waals surface area contributed by atoms with Gasteiger partial charge in [0, 0.05) is 37.9 Å². The van der Waals surface area contributed by atoms with E-state index in [0.29, 0.717) is 6.04 Å². The summed E-state index contributed by atoms with van der Waals surface area (Å²) in [7, 11) is 0. The van der Waals surface area contributed by atoms with Gasteiger partial charge in [0.15, 0.2) is 5.96 Å². The summed E-state index contributed by atoms with van der Waals surface area (Å²) in [6.07, 6.45) is 2.30. The van der Waals surface area contributed by atoms with Crippen molar-refractivity contribution in [1.29, 1.82) is 0 Å². The fraction of sp³-hybridized carbons (Fsp3) is 0.533. The first-order chi connectivity index (χ1) is 9.34. The number of aliphatic imine (C=N–C) groups is 1. The molecule has 1 atom stereocenters. The molecular weight excluding hydrogens is 363 g/mol. The molecule has 2 N–H and O–H groups in total. The molecule has 0 saturated heterocycles. The van der Waals surface area contributed by atoms with E-state index in [0.717, 1.165) is 45.0 Å². The highest BCUT2D eigenvalue weighted by molar-refractivity contribution is 14.0. The van der Waals surface area contributed by atoms with E-state index in [9.17, 15) is 0 Å². The van der Waals surface area contributed by atoms with E-state index in [-0.39, 0.29) is 24.0 Å². The van der Waals surface area contributed by atoms with Crippen LogP contribution in [0.1, 0.15) is 18.9 Å². The van der Waals surface area contributed by atoms with Crippen molar-refractivity contribution in [2.75, 3.05) is 31.1 Å². The van der Waals surface area contributed by atoms with Gasteiger partial charge in [-0.15, -0.1) is 24.0 Å². The molecule has 110 valence electrons. The third-order valence-corrected chi connectivity index (χ3v) is 3.89. The predicted octanol–water partition coefficient (Wildman–Crippen LogP) is 1.99. The van der Waals surface area contributed by atoms with Gasteiger partial charge >= 0.3 is 0 Å². The lowest BCUT2D eigenvalue weighted by Gasteiger charge is -2.26. The van der Waals surface area contributed by atoms with E-state index in [1.54, 1.807) is 0 Å². The lowest BCUT2D eigenvalue weighted by Crippen LogP contribution is -2.44. The van der Waals surface area contributed by atoms with Gasteiger partial charge in [0.2, 0.25) is 0 Å². The van der Waals surface area contributed by atoms with Crippen LogP contribution in [-0.4, -0.2) is 38.2 Å². The maximum Gasteiger partial charge on any atom is 0.191 e. The number of fused-ring (bicyclic) bond motifs is 1. The first kappa shape index (κ1) is 15.4. The Morgan fingerprint density at radius 2 is 2.25 bits per heavy atom. The maximum atomic E-state index is 4.43. The molecule has 3 rings (SSSR count). The van der Waals surface area contributed by atoms with Crippen molar-refractivity contribution in [1.82, 2.24) is 10.6 Å². The van der Waals surface area contributed by atoms with E-state index in [4.69, 9.17) is 0 Å². The molecular formula is C15H23IN4. The van der Waals surface area contributed by atoms with Crippen molar-refractivity contribution >= 4 is 35.6 Å². The smallest absolute Gasteiger partial charge is 0.191 e. The zero-order valence-electron chi connectivity index (χ0n) is 11.9. The average Bonchev–Trinajstić information content (AvgIpc) is 2.76. The topological polar surface area (TPSA) is 39.7 Å². The number of nitrogens with zero attached hydrogens (tertiary/aromatic N) is 2. The summed E-state index contributed by atoms with van der Waals surface area (Å²) in [6, 6.07) is 9.33. The van der Waals surface area contributed by atoms with E-state index in [2.05, 4.69) is 51.7 Å². The van der Waals surface area contributed by atoms with Crippen LogP contribution in [0.5, 0.6) is 0 Å². The van der Waals surface area contributed by atoms with Crippen LogP contribution in [0.15, 0.2) is 29.3 Å². The normalized spacial score (nSPS) is 20.6. The Kier molecular flexibility index (Phi) is 5.51. The van der Waals surface area contributed by atoms with E-state index in [1.165, 1.54) is 11.3 Å². The molecule has 20 heavy (non-hydrogen) atoms. The van der Waals surface area contributed by atoms with Crippen molar-refractivity contribution in [3.05, 3.63) is 29.8 Å². The number of rotatable bonds is 3. The van der Waals surface area contributed by atoms with Gasteiger partial charge in [-0.05, 0) is 31.4 Å². The van der Waals surface area contributed by atoms with Gasteiger partial charge in [-0.25, -0.2) is 0 Å². The SMILES string of the molecule is CC1Cc2ccccc2N1CCNC1=NCCCN1.I. The van der Waals surface area contributed by atoms with Crippen LogP contribution in [-0.2, 0) is 6.42 Å². The third-order valence-electron chi connectivity index (χ3n) is 3.89. The monoisotopic (exact) mass is 386 g/mol. The summed E-state index contributed by atoms with van der Waals surface area (Å²) in [5.74, 6) is 0.964. The fourth-order valence-corrected chi connectivity index (χ4v) is 2.92. The van der Waals surface area contributed by atoms with Gasteiger partial charge in [0.1, 0.15) is 0 Å². The molecule has 0 fully saturated rings. The van der Waals surface area contributed by atoms with E-state index in [1.807, 2.05) is 0 Å². The second kappa shape index (κ2) is 7.15. The van der Waals surface area contributed by atoms with Crippen LogP contribution in [0.25, 0.3) is 0 Å². The summed E-state index contributed by atoms with van der Waals surface area (Å²) in [6.45, 7) is 6.24. The van der Waals surface area contributed by atoms with Crippen molar-refractivity contribution in [2.24, 2.45) is 4.99 Å². The number of halogens is 1. The molecule has 0 radical (unpaired) electrons. The molecule has 5 heteroatoms. The fourth-order valence-electron chi connectivity index (χ4n) is 2.92. The minimum Gasteiger partial charge on any atom is -0.367 e. The zero-order chi connectivity index (χ0) is 13.1. The zero-order valence-corrected chi connectivity index (χ0v) is 14.3. The van der Waals surface area contributed by atoms with Crippen LogP contribution in [0, 0.1) is 0 Å². The summed E-state index contributed by atoms with van der Waals surface area (Å²) in [4.78, 5) is 6.92. The van der Waals surface area contributed by atoms with Gasteiger partial charge in [-0.1, -0.05) is 18.2 Å². The molecule has 1 aromatic rings. The first-order valence-corrected chi connectivity index (χ1v) is 7.21. The molecule has 0 aliphatic carbocycles. The standard InChI is InChI=1S/C15H22N4.HI/c1-12-11-13-5-2-3-6-14(13)19(12)10-9-18-15-16-7-4-8-17-15;/h2-3,5-6,12H,4,7-11H2,1H3,(H2,16,17,18);1H. The number of nitrogens with one attached hydrogen (secondary N) is 2. The average molecular weight is 386 g/mol. The summed E-state index contributed by atoms with van der Waals surface area (Å²) in [5, 5.41) is 6.69. The quantitative estimate of drug-likeness (QED) is 0.781. The van der Waals surface area contributed by atoms with Gasteiger partial charge in [0.05, 0.1) is 0 Å². The van der Waals surface area contributed by atoms with Gasteiger partial charge in [0.25, 0.3) is 0 Å². The highest BCUT2D eigenvalue weighted by atomic mass is 127. The Bertz CT molecular complexity index is 475. The Morgan fingerprint density at radius 1 is 1.40 bits per heavy atom. The second-order valence-electron chi connectivity index (χ2n) is 5.31. The Balaban J connectivity index is 0.00000147. The molecule has 1 aromatic carbocycles. The summed E-state index contributed by atoms with van der Waals surface area (Å²) in [5.41, 5.74) is 2.87. The van der Waals surface area contributed by atoms with Crippen molar-refractivity contribution in [2.45, 2.75) is 25.8 Å². The molecule has 0 spiro atoms. The van der Waals surface area contributed by atoms with Gasteiger partial charge in [-0.2, -0.15) is 0 Å². The number of guanidine groups is 1. The van der Waals surface area contributed by atoms with E-state index >= 15 is 0 Å².